The molecule has 26 nitrogen and oxygen atoms in total. The summed E-state index contributed by atoms with van der Waals surface area (Å²) in [4.78, 5) is 143. The number of cyclic esters (lactones) is 1. The van der Waals surface area contributed by atoms with Crippen LogP contribution in [0.5, 0.6) is 0 Å². The van der Waals surface area contributed by atoms with Crippen molar-refractivity contribution in [1.29, 1.82) is 0 Å². The standard InChI is InChI=1S/C60H91N9O17/c1-13-34(4)46-53(76)68-49-40-20-22-41(23-21-40)85-38(8)60(82,26-29-61-27-17-28-62-58(81)86-59(9,10)11)25-24-44(71)63-31-45(72)83-32-42(57(80)84-37(7)48(55(78)65-46)67-51(74)35(5)50(73)33(2)3)64-54(77)47(36(6)70)66-52(75)43(69(12)56(49)79)30-39-18-15-14-16-19-39/h14-16,18-20,22,24-25,33-38,42-43,46-50,61,70,73,82H,13,17,21,23,26-32H2,1-12H3,(H,62,81)(H,63,71)(H,64,77)(H,65,78)(H,66,75)(H,67,74)(H,68,76)/b25-24+/t34-,35+,36+,37+,38+,42-,43-,46+,47+,48-,49-,50+,60-/m0/s1. The molecule has 13 atom stereocenters. The van der Waals surface area contributed by atoms with E-state index in [4.69, 9.17) is 18.9 Å². The van der Waals surface area contributed by atoms with Crippen LogP contribution in [0.3, 0.4) is 0 Å². The molecular formula is C60H91N9O17. The fraction of sp³-hybridized carbons (Fsp3) is 0.633. The molecule has 0 spiro atoms. The third kappa shape index (κ3) is 21.5. The fourth-order valence-corrected chi connectivity index (χ4v) is 9.44. The lowest BCUT2D eigenvalue weighted by atomic mass is 9.91. The van der Waals surface area contributed by atoms with Gasteiger partial charge in [-0.25, -0.2) is 9.59 Å². The molecule has 8 amide bonds. The highest BCUT2D eigenvalue weighted by Gasteiger charge is 2.43. The number of esters is 2. The van der Waals surface area contributed by atoms with Gasteiger partial charge in [-0.05, 0) is 109 Å². The normalized spacial score (nSPS) is 27.2. The lowest BCUT2D eigenvalue weighted by Crippen LogP contribution is -2.62. The van der Waals surface area contributed by atoms with Crippen LogP contribution in [-0.2, 0) is 68.5 Å². The van der Waals surface area contributed by atoms with Crippen molar-refractivity contribution >= 4 is 59.4 Å². The van der Waals surface area contributed by atoms with Crippen molar-refractivity contribution < 1.29 is 82.2 Å². The number of hydrogen-bond donors (Lipinski definition) is 11. The Labute approximate surface area is 503 Å². The second-order valence-corrected chi connectivity index (χ2v) is 23.5. The summed E-state index contributed by atoms with van der Waals surface area (Å²) in [5.41, 5.74) is -1.68. The maximum Gasteiger partial charge on any atom is 0.407 e. The van der Waals surface area contributed by atoms with Crippen molar-refractivity contribution in [3.05, 3.63) is 71.5 Å². The fourth-order valence-electron chi connectivity index (χ4n) is 9.44. The van der Waals surface area contributed by atoms with Crippen LogP contribution >= 0.6 is 0 Å². The Morgan fingerprint density at radius 3 is 2.12 bits per heavy atom. The van der Waals surface area contributed by atoms with Gasteiger partial charge in [-0.2, -0.15) is 0 Å². The van der Waals surface area contributed by atoms with Crippen LogP contribution in [0.1, 0.15) is 114 Å². The van der Waals surface area contributed by atoms with Crippen molar-refractivity contribution in [3.8, 4) is 0 Å². The highest BCUT2D eigenvalue weighted by Crippen LogP contribution is 2.29. The largest absolute Gasteiger partial charge is 0.492 e. The predicted molar refractivity (Wildman–Crippen MR) is 313 cm³/mol. The van der Waals surface area contributed by atoms with Crippen molar-refractivity contribution in [3.63, 3.8) is 0 Å². The van der Waals surface area contributed by atoms with E-state index in [1.165, 1.54) is 46.0 Å². The molecule has 1 aliphatic carbocycles. The van der Waals surface area contributed by atoms with Crippen LogP contribution in [0.15, 0.2) is 66.0 Å². The number of aliphatic hydroxyl groups is 3. The number of likely N-dealkylation sites (N-methyl/N-ethyl adjacent to an activating group) is 1. The van der Waals surface area contributed by atoms with E-state index in [9.17, 15) is 53.7 Å². The molecule has 4 bridgehead atoms. The summed E-state index contributed by atoms with van der Waals surface area (Å²) < 4.78 is 22.8. The number of carbonyl (C=O) groups excluding carboxylic acids is 10. The maximum absolute atomic E-state index is 15.4. The van der Waals surface area contributed by atoms with E-state index in [0.717, 1.165) is 11.0 Å². The third-order valence-corrected chi connectivity index (χ3v) is 15.1. The molecule has 3 heterocycles. The number of fused-ring (bicyclic) bond motifs is 11. The smallest absolute Gasteiger partial charge is 0.407 e. The summed E-state index contributed by atoms with van der Waals surface area (Å²) in [7, 11) is 1.32. The lowest BCUT2D eigenvalue weighted by molar-refractivity contribution is -0.160. The van der Waals surface area contributed by atoms with Gasteiger partial charge in [0.05, 0.1) is 23.9 Å². The van der Waals surface area contributed by atoms with E-state index in [1.54, 1.807) is 85.7 Å². The number of aliphatic hydroxyl groups excluding tert-OH is 2. The van der Waals surface area contributed by atoms with Gasteiger partial charge in [-0.15, -0.1) is 0 Å². The van der Waals surface area contributed by atoms with Gasteiger partial charge in [0, 0.05) is 32.5 Å². The van der Waals surface area contributed by atoms with Crippen LogP contribution in [0.2, 0.25) is 0 Å². The topological polar surface area (TPSA) is 368 Å². The van der Waals surface area contributed by atoms with Crippen LogP contribution in [0, 0.1) is 17.8 Å². The number of alkyl carbamates (subject to hydrolysis) is 1. The molecule has 5 rings (SSSR count). The van der Waals surface area contributed by atoms with Gasteiger partial charge in [-0.1, -0.05) is 77.4 Å². The molecule has 86 heavy (non-hydrogen) atoms. The zero-order valence-electron chi connectivity index (χ0n) is 51.5. The van der Waals surface area contributed by atoms with E-state index in [0.29, 0.717) is 29.9 Å². The van der Waals surface area contributed by atoms with Crippen molar-refractivity contribution in [1.82, 2.24) is 47.4 Å². The average Bonchev–Trinajstić information content (AvgIpc) is 1.75. The maximum atomic E-state index is 15.4. The van der Waals surface area contributed by atoms with Gasteiger partial charge >= 0.3 is 18.0 Å². The Morgan fingerprint density at radius 2 is 1.50 bits per heavy atom. The van der Waals surface area contributed by atoms with Gasteiger partial charge in [0.2, 0.25) is 41.4 Å². The van der Waals surface area contributed by atoms with E-state index >= 15 is 9.59 Å². The van der Waals surface area contributed by atoms with Crippen molar-refractivity contribution in [2.75, 3.05) is 39.8 Å². The summed E-state index contributed by atoms with van der Waals surface area (Å²) in [6.45, 7) is 16.4. The quantitative estimate of drug-likeness (QED) is 0.0605. The third-order valence-electron chi connectivity index (χ3n) is 15.1. The van der Waals surface area contributed by atoms with Crippen LogP contribution < -0.4 is 42.5 Å². The molecule has 478 valence electrons. The zero-order chi connectivity index (χ0) is 64.2. The van der Waals surface area contributed by atoms with E-state index in [-0.39, 0.29) is 45.2 Å². The molecule has 26 heteroatoms. The van der Waals surface area contributed by atoms with Gasteiger partial charge in [0.25, 0.3) is 0 Å². The first-order valence-electron chi connectivity index (χ1n) is 29.3. The number of allylic oxidation sites excluding steroid dienone is 3. The lowest BCUT2D eigenvalue weighted by Gasteiger charge is -2.35. The minimum atomic E-state index is -1.99. The molecule has 1 fully saturated rings. The molecular weight excluding hydrogens is 1120 g/mol. The summed E-state index contributed by atoms with van der Waals surface area (Å²) in [6, 6.07) is -1.61. The molecule has 1 aromatic carbocycles. The van der Waals surface area contributed by atoms with Crippen LogP contribution in [0.25, 0.3) is 0 Å². The van der Waals surface area contributed by atoms with Crippen LogP contribution in [-0.4, -0.2) is 191 Å². The summed E-state index contributed by atoms with van der Waals surface area (Å²) in [6.07, 6.45) is -0.235. The van der Waals surface area contributed by atoms with Gasteiger partial charge in [0.15, 0.2) is 6.04 Å². The summed E-state index contributed by atoms with van der Waals surface area (Å²) in [5.74, 6) is -11.1. The Balaban J connectivity index is 1.93. The summed E-state index contributed by atoms with van der Waals surface area (Å²) in [5, 5.41) is 55.4. The number of amides is 8. The van der Waals surface area contributed by atoms with Crippen LogP contribution in [0.4, 0.5) is 4.79 Å². The minimum Gasteiger partial charge on any atom is -0.492 e. The number of benzene rings is 1. The molecule has 0 radical (unpaired) electrons. The first-order valence-corrected chi connectivity index (χ1v) is 29.3. The second kappa shape index (κ2) is 32.9. The van der Waals surface area contributed by atoms with Crippen molar-refractivity contribution in [2.45, 2.75) is 187 Å². The Kier molecular flexibility index (Phi) is 27.2. The Bertz CT molecular complexity index is 2640. The second-order valence-electron chi connectivity index (χ2n) is 23.5. The number of carbonyl (C=O) groups is 10. The number of nitrogens with one attached hydrogen (secondary N) is 8. The average molecular weight is 1210 g/mol. The van der Waals surface area contributed by atoms with Crippen molar-refractivity contribution in [2.24, 2.45) is 17.8 Å². The van der Waals surface area contributed by atoms with Gasteiger partial charge in [-0.3, -0.25) is 38.4 Å². The van der Waals surface area contributed by atoms with Gasteiger partial charge < -0.3 is 81.7 Å². The first kappa shape index (κ1) is 71.1. The van der Waals surface area contributed by atoms with E-state index in [1.807, 2.05) is 0 Å². The highest BCUT2D eigenvalue weighted by atomic mass is 16.6. The monoisotopic (exact) mass is 1210 g/mol. The molecule has 11 N–H and O–H groups in total. The number of nitrogens with zero attached hydrogens (tertiary/aromatic N) is 1. The number of rotatable bonds is 16. The molecule has 1 aromatic rings. The number of ether oxygens (including phenoxy) is 4. The number of hydrogen-bond acceptors (Lipinski definition) is 18. The molecule has 3 aliphatic heterocycles. The minimum absolute atomic E-state index is 0.0281. The first-order chi connectivity index (χ1) is 40.4. The highest BCUT2D eigenvalue weighted by molar-refractivity contribution is 5.99. The molecule has 1 saturated heterocycles. The molecule has 4 aliphatic rings. The zero-order valence-corrected chi connectivity index (χ0v) is 51.5. The Hall–Kier alpha value is -7.42. The molecule has 0 aromatic heterocycles. The van der Waals surface area contributed by atoms with E-state index in [2.05, 4.69) is 42.5 Å². The molecule has 0 unspecified atom stereocenters. The van der Waals surface area contributed by atoms with Gasteiger partial charge in [0.1, 0.15) is 66.8 Å². The Morgan fingerprint density at radius 1 is 0.837 bits per heavy atom. The van der Waals surface area contributed by atoms with E-state index < -0.39 is 162 Å². The molecule has 0 saturated carbocycles. The summed E-state index contributed by atoms with van der Waals surface area (Å²) >= 11 is 0. The SMILES string of the molecule is CC[C@H](C)[C@H]1NC(=O)[C@@H](NC(=O)[C@H](C)[C@H](O)C(C)C)[C@@H](C)OC(=O)[C@@H]2COC(=O)CNC(=O)/C=C/[C@](O)(CCNCCCNC(=O)OC(C)(C)C)[C@@H](C)OC3=CC=C(CC3)[C@H](NC1=O)C(=O)N(C)[C@@H](Cc1ccccc1)C(=O)N[C@H]([C@@H](C)O)C(=O)N2. The predicted octanol–water partition coefficient (Wildman–Crippen LogP) is 0.369.